The lowest BCUT2D eigenvalue weighted by Crippen LogP contribution is -2.57. The van der Waals surface area contributed by atoms with E-state index in [0.29, 0.717) is 13.0 Å². The van der Waals surface area contributed by atoms with Crippen LogP contribution in [0.4, 0.5) is 0 Å². The molecule has 0 radical (unpaired) electrons. The van der Waals surface area contributed by atoms with Crippen LogP contribution in [0.5, 0.6) is 0 Å². The van der Waals surface area contributed by atoms with E-state index in [1.165, 1.54) is 44.9 Å². The Morgan fingerprint density at radius 2 is 1.42 bits per heavy atom. The first-order valence-corrected chi connectivity index (χ1v) is 10.3. The fourth-order valence-electron chi connectivity index (χ4n) is 3.82. The summed E-state index contributed by atoms with van der Waals surface area (Å²) in [5, 5.41) is 20.6. The standard InChI is InChI=1S/C20H41NO3/c1-3-5-7-9-10-12-14-20(21)18(23)16-17(22)19(20)24-15-13-11-8-6-4-2/h17-19,22-23H,3-16,21H2,1-2H3. The molecule has 0 saturated heterocycles. The summed E-state index contributed by atoms with van der Waals surface area (Å²) >= 11 is 0. The van der Waals surface area contributed by atoms with Crippen LogP contribution in [0, 0.1) is 0 Å². The molecule has 0 aromatic rings. The van der Waals surface area contributed by atoms with Crippen molar-refractivity contribution in [3.05, 3.63) is 0 Å². The molecule has 0 aromatic carbocycles. The molecule has 0 spiro atoms. The SMILES string of the molecule is CCCCCCCCC1(N)C(O)CC(O)C1OCCCCCCC. The second kappa shape index (κ2) is 12.2. The van der Waals surface area contributed by atoms with Gasteiger partial charge in [0, 0.05) is 13.0 Å². The summed E-state index contributed by atoms with van der Waals surface area (Å²) in [5.74, 6) is 0. The minimum absolute atomic E-state index is 0.340. The van der Waals surface area contributed by atoms with Gasteiger partial charge in [-0.15, -0.1) is 0 Å². The third kappa shape index (κ3) is 6.99. The Morgan fingerprint density at radius 1 is 0.875 bits per heavy atom. The normalized spacial score (nSPS) is 30.1. The summed E-state index contributed by atoms with van der Waals surface area (Å²) in [6.45, 7) is 5.06. The van der Waals surface area contributed by atoms with Gasteiger partial charge in [-0.25, -0.2) is 0 Å². The van der Waals surface area contributed by atoms with E-state index >= 15 is 0 Å². The van der Waals surface area contributed by atoms with Crippen molar-refractivity contribution in [3.63, 3.8) is 0 Å². The summed E-state index contributed by atoms with van der Waals surface area (Å²) in [7, 11) is 0. The fourth-order valence-corrected chi connectivity index (χ4v) is 3.82. The van der Waals surface area contributed by atoms with Gasteiger partial charge >= 0.3 is 0 Å². The van der Waals surface area contributed by atoms with E-state index in [4.69, 9.17) is 10.5 Å². The summed E-state index contributed by atoms with van der Waals surface area (Å²) in [6, 6.07) is 0. The van der Waals surface area contributed by atoms with Gasteiger partial charge in [0.15, 0.2) is 0 Å². The van der Waals surface area contributed by atoms with Crippen LogP contribution in [-0.2, 0) is 4.74 Å². The van der Waals surface area contributed by atoms with Crippen LogP contribution in [0.25, 0.3) is 0 Å². The van der Waals surface area contributed by atoms with Crippen molar-refractivity contribution < 1.29 is 14.9 Å². The minimum atomic E-state index is -0.784. The van der Waals surface area contributed by atoms with Crippen LogP contribution in [0.2, 0.25) is 0 Å². The highest BCUT2D eigenvalue weighted by Crippen LogP contribution is 2.35. The Kier molecular flexibility index (Phi) is 11.2. The molecular formula is C20H41NO3. The second-order valence-electron chi connectivity index (χ2n) is 7.65. The van der Waals surface area contributed by atoms with Crippen molar-refractivity contribution in [2.45, 2.75) is 121 Å². The molecule has 1 aliphatic carbocycles. The quantitative estimate of drug-likeness (QED) is 0.418. The zero-order valence-corrected chi connectivity index (χ0v) is 16.0. The molecule has 0 aliphatic heterocycles. The smallest absolute Gasteiger partial charge is 0.104 e. The van der Waals surface area contributed by atoms with Crippen LogP contribution in [0.3, 0.4) is 0 Å². The molecule has 0 aromatic heterocycles. The lowest BCUT2D eigenvalue weighted by molar-refractivity contribution is -0.0602. The van der Waals surface area contributed by atoms with Gasteiger partial charge in [0.25, 0.3) is 0 Å². The van der Waals surface area contributed by atoms with E-state index in [1.807, 2.05) is 0 Å². The zero-order valence-electron chi connectivity index (χ0n) is 16.0. The Bertz CT molecular complexity index is 313. The molecule has 4 heteroatoms. The van der Waals surface area contributed by atoms with Gasteiger partial charge in [0.1, 0.15) is 6.10 Å². The molecule has 4 N–H and O–H groups in total. The van der Waals surface area contributed by atoms with Gasteiger partial charge in [0.2, 0.25) is 0 Å². The van der Waals surface area contributed by atoms with Crippen LogP contribution < -0.4 is 5.73 Å². The van der Waals surface area contributed by atoms with Gasteiger partial charge in [-0.3, -0.25) is 0 Å². The van der Waals surface area contributed by atoms with E-state index in [0.717, 1.165) is 32.1 Å². The van der Waals surface area contributed by atoms with Crippen molar-refractivity contribution in [3.8, 4) is 0 Å². The first kappa shape index (κ1) is 21.9. The third-order valence-corrected chi connectivity index (χ3v) is 5.47. The van der Waals surface area contributed by atoms with Gasteiger partial charge in [-0.2, -0.15) is 0 Å². The molecule has 1 saturated carbocycles. The molecule has 24 heavy (non-hydrogen) atoms. The molecule has 4 atom stereocenters. The van der Waals surface area contributed by atoms with E-state index in [2.05, 4.69) is 13.8 Å². The molecular weight excluding hydrogens is 302 g/mol. The van der Waals surface area contributed by atoms with Crippen molar-refractivity contribution in [2.75, 3.05) is 6.61 Å². The molecule has 4 nitrogen and oxygen atoms in total. The predicted molar refractivity (Wildman–Crippen MR) is 100 cm³/mol. The number of aliphatic hydroxyl groups excluding tert-OH is 2. The van der Waals surface area contributed by atoms with E-state index < -0.39 is 23.9 Å². The minimum Gasteiger partial charge on any atom is -0.391 e. The topological polar surface area (TPSA) is 75.7 Å². The van der Waals surface area contributed by atoms with Gasteiger partial charge < -0.3 is 20.7 Å². The predicted octanol–water partition coefficient (Wildman–Crippen LogP) is 3.92. The molecule has 1 fully saturated rings. The number of hydrogen-bond donors (Lipinski definition) is 3. The Balaban J connectivity index is 2.34. The fraction of sp³-hybridized carbons (Fsp3) is 1.00. The summed E-state index contributed by atoms with van der Waals surface area (Å²) < 4.78 is 5.94. The first-order chi connectivity index (χ1) is 11.6. The number of aliphatic hydroxyl groups is 2. The molecule has 144 valence electrons. The Labute approximate surface area is 149 Å². The Hall–Kier alpha value is -0.160. The zero-order chi connectivity index (χ0) is 17.8. The molecule has 4 unspecified atom stereocenters. The number of nitrogens with two attached hydrogens (primary N) is 1. The average molecular weight is 344 g/mol. The van der Waals surface area contributed by atoms with E-state index in [-0.39, 0.29) is 0 Å². The first-order valence-electron chi connectivity index (χ1n) is 10.3. The molecule has 1 aliphatic rings. The highest BCUT2D eigenvalue weighted by molar-refractivity contribution is 5.08. The lowest BCUT2D eigenvalue weighted by atomic mass is 9.87. The molecule has 0 amide bonds. The Morgan fingerprint density at radius 3 is 2.04 bits per heavy atom. The van der Waals surface area contributed by atoms with Crippen LogP contribution >= 0.6 is 0 Å². The maximum atomic E-state index is 10.3. The number of ether oxygens (including phenoxy) is 1. The van der Waals surface area contributed by atoms with Gasteiger partial charge in [0.05, 0.1) is 17.7 Å². The van der Waals surface area contributed by atoms with Crippen LogP contribution in [0.1, 0.15) is 97.3 Å². The molecule has 1 rings (SSSR count). The van der Waals surface area contributed by atoms with Crippen molar-refractivity contribution in [1.29, 1.82) is 0 Å². The summed E-state index contributed by atoms with van der Waals surface area (Å²) in [5.41, 5.74) is 5.72. The van der Waals surface area contributed by atoms with Crippen LogP contribution in [-0.4, -0.2) is 40.7 Å². The second-order valence-corrected chi connectivity index (χ2v) is 7.65. The van der Waals surface area contributed by atoms with Crippen molar-refractivity contribution in [1.82, 2.24) is 0 Å². The van der Waals surface area contributed by atoms with Crippen molar-refractivity contribution >= 4 is 0 Å². The van der Waals surface area contributed by atoms with Crippen molar-refractivity contribution in [2.24, 2.45) is 5.73 Å². The largest absolute Gasteiger partial charge is 0.391 e. The monoisotopic (exact) mass is 343 g/mol. The number of rotatable bonds is 14. The maximum Gasteiger partial charge on any atom is 0.104 e. The lowest BCUT2D eigenvalue weighted by Gasteiger charge is -2.35. The maximum absolute atomic E-state index is 10.3. The van der Waals surface area contributed by atoms with Gasteiger partial charge in [-0.05, 0) is 12.8 Å². The highest BCUT2D eigenvalue weighted by Gasteiger charge is 2.52. The number of hydrogen-bond acceptors (Lipinski definition) is 4. The molecule has 0 heterocycles. The third-order valence-electron chi connectivity index (χ3n) is 5.47. The summed E-state index contributed by atoms with van der Waals surface area (Å²) in [4.78, 5) is 0. The van der Waals surface area contributed by atoms with E-state index in [1.54, 1.807) is 0 Å². The number of unbranched alkanes of at least 4 members (excludes halogenated alkanes) is 9. The highest BCUT2D eigenvalue weighted by atomic mass is 16.5. The molecule has 0 bridgehead atoms. The van der Waals surface area contributed by atoms with Gasteiger partial charge in [-0.1, -0.05) is 78.1 Å². The van der Waals surface area contributed by atoms with Crippen LogP contribution in [0.15, 0.2) is 0 Å². The van der Waals surface area contributed by atoms with E-state index in [9.17, 15) is 10.2 Å². The average Bonchev–Trinajstić information content (AvgIpc) is 2.77. The summed E-state index contributed by atoms with van der Waals surface area (Å²) in [6.07, 6.45) is 12.4.